The van der Waals surface area contributed by atoms with Gasteiger partial charge in [0.05, 0.1) is 5.02 Å². The monoisotopic (exact) mass is 257 g/mol. The Morgan fingerprint density at radius 3 is 2.56 bits per heavy atom. The van der Waals surface area contributed by atoms with Gasteiger partial charge in [-0.3, -0.25) is 0 Å². The molecule has 0 aromatic carbocycles. The summed E-state index contributed by atoms with van der Waals surface area (Å²) in [6.45, 7) is 0. The van der Waals surface area contributed by atoms with Crippen LogP contribution in [0.2, 0.25) is 5.02 Å². The van der Waals surface area contributed by atoms with Gasteiger partial charge in [0.1, 0.15) is 0 Å². The van der Waals surface area contributed by atoms with Crippen LogP contribution in [0, 0.1) is 5.92 Å². The normalized spacial score (nSPS) is 20.6. The van der Waals surface area contributed by atoms with Crippen molar-refractivity contribution in [2.24, 2.45) is 11.7 Å². The van der Waals surface area contributed by atoms with Crippen LogP contribution in [-0.2, 0) is 0 Å². The van der Waals surface area contributed by atoms with Crippen molar-refractivity contribution < 1.29 is 0 Å². The molecule has 1 aliphatic carbocycles. The van der Waals surface area contributed by atoms with Gasteiger partial charge >= 0.3 is 0 Å². The Labute approximate surface area is 107 Å². The van der Waals surface area contributed by atoms with Crippen molar-refractivity contribution in [3.05, 3.63) is 21.3 Å². The predicted molar refractivity (Wildman–Crippen MR) is 72.1 cm³/mol. The third-order valence-electron chi connectivity index (χ3n) is 3.54. The van der Waals surface area contributed by atoms with Crippen molar-refractivity contribution in [3.63, 3.8) is 0 Å². The molecule has 90 valence electrons. The zero-order valence-corrected chi connectivity index (χ0v) is 11.2. The van der Waals surface area contributed by atoms with Crippen LogP contribution in [0.5, 0.6) is 0 Å². The number of thiophene rings is 1. The fourth-order valence-corrected chi connectivity index (χ4v) is 3.85. The summed E-state index contributed by atoms with van der Waals surface area (Å²) in [5.41, 5.74) is 6.25. The van der Waals surface area contributed by atoms with E-state index in [1.165, 1.54) is 43.4 Å². The van der Waals surface area contributed by atoms with E-state index in [1.54, 1.807) is 11.3 Å². The fourth-order valence-electron chi connectivity index (χ4n) is 2.64. The van der Waals surface area contributed by atoms with Gasteiger partial charge in [-0.2, -0.15) is 0 Å². The van der Waals surface area contributed by atoms with E-state index < -0.39 is 0 Å². The van der Waals surface area contributed by atoms with Gasteiger partial charge in [-0.1, -0.05) is 50.1 Å². The summed E-state index contributed by atoms with van der Waals surface area (Å²) in [6, 6.07) is 2.10. The average molecular weight is 258 g/mol. The fraction of sp³-hybridized carbons (Fsp3) is 0.692. The molecule has 0 radical (unpaired) electrons. The highest BCUT2D eigenvalue weighted by Crippen LogP contribution is 2.34. The molecule has 0 aliphatic heterocycles. The standard InChI is InChI=1S/C13H20ClNS/c14-11-7-8-16-13(11)12(15)9-10-5-3-1-2-4-6-10/h7-8,10,12H,1-6,9,15H2. The van der Waals surface area contributed by atoms with E-state index in [0.29, 0.717) is 0 Å². The Kier molecular flexibility index (Phi) is 4.68. The summed E-state index contributed by atoms with van der Waals surface area (Å²) in [4.78, 5) is 1.17. The Morgan fingerprint density at radius 2 is 2.00 bits per heavy atom. The number of hydrogen-bond donors (Lipinski definition) is 1. The van der Waals surface area contributed by atoms with Gasteiger partial charge in [0.15, 0.2) is 0 Å². The first-order valence-electron chi connectivity index (χ1n) is 6.26. The zero-order valence-electron chi connectivity index (χ0n) is 9.62. The SMILES string of the molecule is NC(CC1CCCCCC1)c1sccc1Cl. The quantitative estimate of drug-likeness (QED) is 0.776. The highest BCUT2D eigenvalue weighted by Gasteiger charge is 2.19. The highest BCUT2D eigenvalue weighted by atomic mass is 35.5. The van der Waals surface area contributed by atoms with Gasteiger partial charge in [-0.15, -0.1) is 11.3 Å². The van der Waals surface area contributed by atoms with Crippen LogP contribution >= 0.6 is 22.9 Å². The van der Waals surface area contributed by atoms with E-state index >= 15 is 0 Å². The maximum absolute atomic E-state index is 6.25. The smallest absolute Gasteiger partial charge is 0.0561 e. The molecule has 0 spiro atoms. The number of hydrogen-bond acceptors (Lipinski definition) is 2. The molecule has 2 rings (SSSR count). The Balaban J connectivity index is 1.91. The number of halogens is 1. The molecule has 0 bridgehead atoms. The molecule has 1 fully saturated rings. The van der Waals surface area contributed by atoms with Gasteiger partial charge in [0, 0.05) is 10.9 Å². The zero-order chi connectivity index (χ0) is 11.4. The van der Waals surface area contributed by atoms with Crippen LogP contribution in [0.4, 0.5) is 0 Å². The molecular formula is C13H20ClNS. The van der Waals surface area contributed by atoms with Crippen LogP contribution < -0.4 is 5.73 Å². The lowest BCUT2D eigenvalue weighted by molar-refractivity contribution is 0.395. The number of nitrogens with two attached hydrogens (primary N) is 1. The lowest BCUT2D eigenvalue weighted by Gasteiger charge is -2.18. The van der Waals surface area contributed by atoms with Gasteiger partial charge in [-0.05, 0) is 23.8 Å². The van der Waals surface area contributed by atoms with Crippen LogP contribution in [0.1, 0.15) is 55.9 Å². The Hall–Kier alpha value is -0.0500. The van der Waals surface area contributed by atoms with E-state index in [4.69, 9.17) is 17.3 Å². The summed E-state index contributed by atoms with van der Waals surface area (Å²) >= 11 is 7.81. The molecule has 1 aromatic heterocycles. The molecule has 2 N–H and O–H groups in total. The van der Waals surface area contributed by atoms with Crippen molar-refractivity contribution in [2.45, 2.75) is 51.0 Å². The number of rotatable bonds is 3. The molecule has 16 heavy (non-hydrogen) atoms. The van der Waals surface area contributed by atoms with E-state index in [0.717, 1.165) is 17.4 Å². The molecule has 1 aliphatic rings. The van der Waals surface area contributed by atoms with Crippen molar-refractivity contribution in [1.29, 1.82) is 0 Å². The molecule has 1 saturated carbocycles. The molecule has 3 heteroatoms. The molecule has 1 nitrogen and oxygen atoms in total. The van der Waals surface area contributed by atoms with Crippen LogP contribution in [0.15, 0.2) is 11.4 Å². The lowest BCUT2D eigenvalue weighted by Crippen LogP contribution is -2.14. The van der Waals surface area contributed by atoms with Gasteiger partial charge in [-0.25, -0.2) is 0 Å². The van der Waals surface area contributed by atoms with E-state index in [-0.39, 0.29) is 6.04 Å². The Bertz CT molecular complexity index is 315. The van der Waals surface area contributed by atoms with Crippen molar-refractivity contribution >= 4 is 22.9 Å². The molecule has 1 aromatic rings. The summed E-state index contributed by atoms with van der Waals surface area (Å²) < 4.78 is 0. The van der Waals surface area contributed by atoms with Crippen LogP contribution in [0.3, 0.4) is 0 Å². The summed E-state index contributed by atoms with van der Waals surface area (Å²) in [7, 11) is 0. The van der Waals surface area contributed by atoms with Gasteiger partial charge in [0.2, 0.25) is 0 Å². The largest absolute Gasteiger partial charge is 0.323 e. The second-order valence-corrected chi connectivity index (χ2v) is 6.19. The first kappa shape index (κ1) is 12.4. The maximum Gasteiger partial charge on any atom is 0.0561 e. The molecule has 1 heterocycles. The third kappa shape index (κ3) is 3.22. The minimum atomic E-state index is 0.149. The lowest BCUT2D eigenvalue weighted by atomic mass is 9.92. The summed E-state index contributed by atoms with van der Waals surface area (Å²) in [6.07, 6.45) is 9.41. The Morgan fingerprint density at radius 1 is 1.31 bits per heavy atom. The predicted octanol–water partition coefficient (Wildman–Crippen LogP) is 4.76. The van der Waals surface area contributed by atoms with Crippen molar-refractivity contribution in [3.8, 4) is 0 Å². The van der Waals surface area contributed by atoms with Crippen LogP contribution in [0.25, 0.3) is 0 Å². The topological polar surface area (TPSA) is 26.0 Å². The molecule has 0 amide bonds. The molecular weight excluding hydrogens is 238 g/mol. The second kappa shape index (κ2) is 6.04. The van der Waals surface area contributed by atoms with Crippen LogP contribution in [-0.4, -0.2) is 0 Å². The van der Waals surface area contributed by atoms with Crippen molar-refractivity contribution in [1.82, 2.24) is 0 Å². The van der Waals surface area contributed by atoms with Crippen molar-refractivity contribution in [2.75, 3.05) is 0 Å². The molecule has 0 saturated heterocycles. The van der Waals surface area contributed by atoms with Gasteiger partial charge in [0.25, 0.3) is 0 Å². The first-order chi connectivity index (χ1) is 7.77. The molecule has 1 unspecified atom stereocenters. The minimum absolute atomic E-state index is 0.149. The van der Waals surface area contributed by atoms with E-state index in [2.05, 4.69) is 0 Å². The first-order valence-corrected chi connectivity index (χ1v) is 7.51. The van der Waals surface area contributed by atoms with Gasteiger partial charge < -0.3 is 5.73 Å². The maximum atomic E-state index is 6.25. The second-order valence-electron chi connectivity index (χ2n) is 4.83. The highest BCUT2D eigenvalue weighted by molar-refractivity contribution is 7.10. The summed E-state index contributed by atoms with van der Waals surface area (Å²) in [5.74, 6) is 0.815. The minimum Gasteiger partial charge on any atom is -0.323 e. The third-order valence-corrected chi connectivity index (χ3v) is 5.03. The van der Waals surface area contributed by atoms with E-state index in [1.807, 2.05) is 11.4 Å². The molecule has 1 atom stereocenters. The summed E-state index contributed by atoms with van der Waals surface area (Å²) in [5, 5.41) is 2.89. The van der Waals surface area contributed by atoms with E-state index in [9.17, 15) is 0 Å². The average Bonchev–Trinajstić information content (AvgIpc) is 2.53.